The molecule has 1 atom stereocenters. The fraction of sp³-hybridized carbons (Fsp3) is 0.533. The van der Waals surface area contributed by atoms with E-state index in [1.54, 1.807) is 11.9 Å². The van der Waals surface area contributed by atoms with E-state index in [0.29, 0.717) is 31.9 Å². The van der Waals surface area contributed by atoms with Gasteiger partial charge in [0.2, 0.25) is 5.75 Å². The minimum atomic E-state index is -3.17. The highest BCUT2D eigenvalue weighted by Gasteiger charge is 2.25. The third-order valence-electron chi connectivity index (χ3n) is 3.78. The Morgan fingerprint density at radius 3 is 2.92 bits per heavy atom. The van der Waals surface area contributed by atoms with Gasteiger partial charge in [0.15, 0.2) is 0 Å². The average molecular weight is 375 g/mol. The predicted octanol–water partition coefficient (Wildman–Crippen LogP) is 1.42. The van der Waals surface area contributed by atoms with Gasteiger partial charge < -0.3 is 19.5 Å². The van der Waals surface area contributed by atoms with Crippen LogP contribution < -0.4 is 9.64 Å². The molecule has 1 saturated heterocycles. The van der Waals surface area contributed by atoms with Crippen LogP contribution in [-0.4, -0.2) is 73.4 Å². The lowest BCUT2D eigenvalue weighted by Crippen LogP contribution is -2.47. The standard InChI is InChI=1S/C15H19F2N3O6/c1-18(9-14(21)22)7-11-8-19(4-5-25-11)10-2-3-12(20(23)24)13(6-10)26-15(16)17/h2-3,6,11,15H,4-5,7-9H2,1H3,(H,21,22). The number of alkyl halides is 2. The van der Waals surface area contributed by atoms with Crippen molar-refractivity contribution in [1.82, 2.24) is 4.90 Å². The van der Waals surface area contributed by atoms with Crippen molar-refractivity contribution in [3.05, 3.63) is 28.3 Å². The maximum absolute atomic E-state index is 12.5. The summed E-state index contributed by atoms with van der Waals surface area (Å²) in [6, 6.07) is 3.78. The van der Waals surface area contributed by atoms with Gasteiger partial charge in [0.05, 0.1) is 24.2 Å². The Morgan fingerprint density at radius 1 is 1.58 bits per heavy atom. The lowest BCUT2D eigenvalue weighted by Gasteiger charge is -2.36. The highest BCUT2D eigenvalue weighted by Crippen LogP contribution is 2.33. The Bertz CT molecular complexity index is 660. The quantitative estimate of drug-likeness (QED) is 0.537. The molecule has 1 aliphatic rings. The zero-order chi connectivity index (χ0) is 19.3. The summed E-state index contributed by atoms with van der Waals surface area (Å²) in [5, 5.41) is 19.7. The molecule has 0 aliphatic carbocycles. The van der Waals surface area contributed by atoms with E-state index in [1.807, 2.05) is 4.90 Å². The zero-order valence-electron chi connectivity index (χ0n) is 14.0. The SMILES string of the molecule is CN(CC(=O)O)CC1CN(c2ccc([N+](=O)[O-])c(OC(F)F)c2)CCO1. The van der Waals surface area contributed by atoms with Crippen LogP contribution >= 0.6 is 0 Å². The van der Waals surface area contributed by atoms with Gasteiger partial charge in [-0.15, -0.1) is 0 Å². The minimum absolute atomic E-state index is 0.135. The molecule has 11 heteroatoms. The van der Waals surface area contributed by atoms with E-state index in [2.05, 4.69) is 4.74 Å². The summed E-state index contributed by atoms with van der Waals surface area (Å²) in [6.07, 6.45) is -0.289. The Balaban J connectivity index is 2.11. The van der Waals surface area contributed by atoms with Gasteiger partial charge in [-0.25, -0.2) is 0 Å². The number of halogens is 2. The first-order chi connectivity index (χ1) is 12.3. The second-order valence-electron chi connectivity index (χ2n) is 5.82. The van der Waals surface area contributed by atoms with Crippen LogP contribution in [0.15, 0.2) is 18.2 Å². The highest BCUT2D eigenvalue weighted by molar-refractivity contribution is 5.69. The van der Waals surface area contributed by atoms with Crippen molar-refractivity contribution in [2.24, 2.45) is 0 Å². The number of nitro benzene ring substituents is 1. The van der Waals surface area contributed by atoms with Gasteiger partial charge in [0, 0.05) is 37.5 Å². The monoisotopic (exact) mass is 375 g/mol. The van der Waals surface area contributed by atoms with Gasteiger partial charge in [0.25, 0.3) is 0 Å². The molecular formula is C15H19F2N3O6. The van der Waals surface area contributed by atoms with E-state index in [4.69, 9.17) is 9.84 Å². The summed E-state index contributed by atoms with van der Waals surface area (Å²) in [5.74, 6) is -1.46. The second kappa shape index (κ2) is 8.72. The van der Waals surface area contributed by atoms with E-state index in [-0.39, 0.29) is 12.6 Å². The van der Waals surface area contributed by atoms with E-state index in [9.17, 15) is 23.7 Å². The number of anilines is 1. The fourth-order valence-electron chi connectivity index (χ4n) is 2.75. The van der Waals surface area contributed by atoms with Crippen LogP contribution in [0.1, 0.15) is 0 Å². The molecule has 144 valence electrons. The first-order valence-electron chi connectivity index (χ1n) is 7.76. The maximum Gasteiger partial charge on any atom is 0.387 e. The van der Waals surface area contributed by atoms with E-state index in [0.717, 1.165) is 6.07 Å². The van der Waals surface area contributed by atoms with Crippen LogP contribution in [0.25, 0.3) is 0 Å². The molecule has 2 rings (SSSR count). The molecule has 1 fully saturated rings. The van der Waals surface area contributed by atoms with Crippen LogP contribution in [0, 0.1) is 10.1 Å². The molecule has 1 unspecified atom stereocenters. The molecule has 0 saturated carbocycles. The Labute approximate surface area is 147 Å². The third-order valence-corrected chi connectivity index (χ3v) is 3.78. The van der Waals surface area contributed by atoms with Gasteiger partial charge in [-0.1, -0.05) is 0 Å². The van der Waals surface area contributed by atoms with Crippen LogP contribution in [-0.2, 0) is 9.53 Å². The van der Waals surface area contributed by atoms with Gasteiger partial charge >= 0.3 is 18.3 Å². The largest absolute Gasteiger partial charge is 0.480 e. The van der Waals surface area contributed by atoms with Crippen LogP contribution in [0.4, 0.5) is 20.2 Å². The molecule has 0 radical (unpaired) electrons. The summed E-state index contributed by atoms with van der Waals surface area (Å²) >= 11 is 0. The van der Waals surface area contributed by atoms with E-state index in [1.165, 1.54) is 12.1 Å². The smallest absolute Gasteiger partial charge is 0.387 e. The number of hydrogen-bond donors (Lipinski definition) is 1. The lowest BCUT2D eigenvalue weighted by atomic mass is 10.2. The molecule has 0 aromatic heterocycles. The Hall–Kier alpha value is -2.53. The highest BCUT2D eigenvalue weighted by atomic mass is 19.3. The van der Waals surface area contributed by atoms with Crippen molar-refractivity contribution in [1.29, 1.82) is 0 Å². The molecule has 1 aromatic rings. The van der Waals surface area contributed by atoms with Gasteiger partial charge in [-0.05, 0) is 13.1 Å². The second-order valence-corrected chi connectivity index (χ2v) is 5.82. The molecule has 26 heavy (non-hydrogen) atoms. The number of nitro groups is 1. The Kier molecular flexibility index (Phi) is 6.64. The van der Waals surface area contributed by atoms with Crippen molar-refractivity contribution in [3.63, 3.8) is 0 Å². The number of benzene rings is 1. The normalized spacial score (nSPS) is 17.6. The van der Waals surface area contributed by atoms with Crippen LogP contribution in [0.5, 0.6) is 5.75 Å². The topological polar surface area (TPSA) is 105 Å². The van der Waals surface area contributed by atoms with Crippen molar-refractivity contribution >= 4 is 17.3 Å². The predicted molar refractivity (Wildman–Crippen MR) is 86.8 cm³/mol. The van der Waals surface area contributed by atoms with Crippen molar-refractivity contribution < 1.29 is 33.1 Å². The number of ether oxygens (including phenoxy) is 2. The molecule has 1 aliphatic heterocycles. The molecule has 0 amide bonds. The summed E-state index contributed by atoms with van der Waals surface area (Å²) in [7, 11) is 1.65. The summed E-state index contributed by atoms with van der Waals surface area (Å²) in [6.45, 7) is -1.74. The lowest BCUT2D eigenvalue weighted by molar-refractivity contribution is -0.386. The number of aliphatic carboxylic acids is 1. The first-order valence-corrected chi connectivity index (χ1v) is 7.76. The maximum atomic E-state index is 12.5. The number of likely N-dealkylation sites (N-methyl/N-ethyl adjacent to an activating group) is 1. The molecule has 1 N–H and O–H groups in total. The molecule has 0 spiro atoms. The van der Waals surface area contributed by atoms with Gasteiger partial charge in [-0.3, -0.25) is 19.8 Å². The molecule has 1 aromatic carbocycles. The number of carbonyl (C=O) groups is 1. The summed E-state index contributed by atoms with van der Waals surface area (Å²) in [5.41, 5.74) is -0.0551. The summed E-state index contributed by atoms with van der Waals surface area (Å²) in [4.78, 5) is 24.3. The average Bonchev–Trinajstić information content (AvgIpc) is 2.53. The van der Waals surface area contributed by atoms with Crippen LogP contribution in [0.2, 0.25) is 0 Å². The first kappa shape index (κ1) is 19.8. The number of nitrogens with zero attached hydrogens (tertiary/aromatic N) is 3. The molecule has 0 bridgehead atoms. The van der Waals surface area contributed by atoms with E-state index >= 15 is 0 Å². The molecule has 9 nitrogen and oxygen atoms in total. The number of carboxylic acid groups (broad SMARTS) is 1. The Morgan fingerprint density at radius 2 is 2.31 bits per heavy atom. The number of rotatable bonds is 8. The van der Waals surface area contributed by atoms with Crippen molar-refractivity contribution in [2.45, 2.75) is 12.7 Å². The fourth-order valence-corrected chi connectivity index (χ4v) is 2.75. The minimum Gasteiger partial charge on any atom is -0.480 e. The third kappa shape index (κ3) is 5.49. The van der Waals surface area contributed by atoms with E-state index < -0.39 is 28.9 Å². The van der Waals surface area contributed by atoms with Gasteiger partial charge in [0.1, 0.15) is 0 Å². The summed E-state index contributed by atoms with van der Waals surface area (Å²) < 4.78 is 34.9. The zero-order valence-corrected chi connectivity index (χ0v) is 14.0. The van der Waals surface area contributed by atoms with Gasteiger partial charge in [-0.2, -0.15) is 8.78 Å². The van der Waals surface area contributed by atoms with Crippen molar-refractivity contribution in [2.75, 3.05) is 44.7 Å². The number of morpholine rings is 1. The number of hydrogen-bond acceptors (Lipinski definition) is 7. The van der Waals surface area contributed by atoms with Crippen LogP contribution in [0.3, 0.4) is 0 Å². The number of carboxylic acids is 1. The molecular weight excluding hydrogens is 356 g/mol. The molecule has 1 heterocycles. The van der Waals surface area contributed by atoms with Crippen molar-refractivity contribution in [3.8, 4) is 5.75 Å².